The van der Waals surface area contributed by atoms with E-state index >= 15 is 0 Å². The molecule has 1 aliphatic rings. The number of carbonyl (C=O) groups is 1. The number of nitrogens with zero attached hydrogens (tertiary/aromatic N) is 4. The van der Waals surface area contributed by atoms with E-state index in [-0.39, 0.29) is 5.91 Å². The predicted octanol–water partition coefficient (Wildman–Crippen LogP) is 2.36. The molecule has 1 aliphatic heterocycles. The molecule has 140 valence electrons. The zero-order valence-corrected chi connectivity index (χ0v) is 16.0. The molecule has 0 bridgehead atoms. The summed E-state index contributed by atoms with van der Waals surface area (Å²) >= 11 is 5.95. The first-order chi connectivity index (χ1) is 12.6. The van der Waals surface area contributed by atoms with Gasteiger partial charge in [0.1, 0.15) is 5.82 Å². The Bertz CT molecular complexity index is 724. The van der Waals surface area contributed by atoms with E-state index in [0.717, 1.165) is 57.2 Å². The summed E-state index contributed by atoms with van der Waals surface area (Å²) in [5, 5.41) is 3.53. The van der Waals surface area contributed by atoms with Gasteiger partial charge in [-0.05, 0) is 18.2 Å². The van der Waals surface area contributed by atoms with Crippen LogP contribution in [0.2, 0.25) is 5.02 Å². The number of halogens is 1. The maximum absolute atomic E-state index is 12.2. The zero-order chi connectivity index (χ0) is 18.4. The second-order valence-corrected chi connectivity index (χ2v) is 7.00. The molecular weight excluding hydrogens is 350 g/mol. The van der Waals surface area contributed by atoms with Gasteiger partial charge in [0.05, 0.1) is 6.54 Å². The molecule has 3 rings (SSSR count). The van der Waals surface area contributed by atoms with Crippen molar-refractivity contribution in [1.82, 2.24) is 19.4 Å². The van der Waals surface area contributed by atoms with Crippen LogP contribution in [-0.4, -0.2) is 64.5 Å². The van der Waals surface area contributed by atoms with Crippen molar-refractivity contribution in [2.45, 2.75) is 19.9 Å². The normalized spacial score (nSPS) is 15.9. The highest BCUT2D eigenvalue weighted by atomic mass is 35.5. The Kier molecular flexibility index (Phi) is 6.66. The molecule has 0 unspecified atom stereocenters. The van der Waals surface area contributed by atoms with Gasteiger partial charge in [-0.1, -0.05) is 24.6 Å². The summed E-state index contributed by atoms with van der Waals surface area (Å²) in [6, 6.07) is 7.24. The first kappa shape index (κ1) is 18.9. The molecule has 0 radical (unpaired) electrons. The number of piperazine rings is 1. The van der Waals surface area contributed by atoms with E-state index in [1.807, 2.05) is 18.3 Å². The Hall–Kier alpha value is -1.89. The van der Waals surface area contributed by atoms with Crippen LogP contribution in [-0.2, 0) is 17.8 Å². The molecule has 26 heavy (non-hydrogen) atoms. The minimum Gasteiger partial charge on any atom is -0.334 e. The van der Waals surface area contributed by atoms with E-state index < -0.39 is 0 Å². The van der Waals surface area contributed by atoms with Crippen LogP contribution >= 0.6 is 11.6 Å². The second-order valence-electron chi connectivity index (χ2n) is 6.57. The SMILES string of the molecule is CCc1nccn1CCN1CCN(CC(=O)Nc2cccc(Cl)c2)CC1. The number of anilines is 1. The first-order valence-electron chi connectivity index (χ1n) is 9.14. The molecule has 6 nitrogen and oxygen atoms in total. The molecule has 1 saturated heterocycles. The number of imidazole rings is 1. The molecule has 1 aromatic carbocycles. The number of benzene rings is 1. The summed E-state index contributed by atoms with van der Waals surface area (Å²) in [5.74, 6) is 1.15. The predicted molar refractivity (Wildman–Crippen MR) is 105 cm³/mol. The highest BCUT2D eigenvalue weighted by Gasteiger charge is 2.19. The fourth-order valence-corrected chi connectivity index (χ4v) is 3.44. The summed E-state index contributed by atoms with van der Waals surface area (Å²) in [6.07, 6.45) is 4.88. The maximum atomic E-state index is 12.2. The number of hydrogen-bond donors (Lipinski definition) is 1. The molecule has 2 aromatic rings. The Labute approximate surface area is 159 Å². The smallest absolute Gasteiger partial charge is 0.238 e. The lowest BCUT2D eigenvalue weighted by molar-refractivity contribution is -0.117. The third kappa shape index (κ3) is 5.30. The maximum Gasteiger partial charge on any atom is 0.238 e. The minimum absolute atomic E-state index is 0.00622. The fourth-order valence-electron chi connectivity index (χ4n) is 3.25. The van der Waals surface area contributed by atoms with E-state index in [1.54, 1.807) is 12.1 Å². The van der Waals surface area contributed by atoms with E-state index in [9.17, 15) is 4.79 Å². The Balaban J connectivity index is 1.39. The Morgan fingerprint density at radius 2 is 1.96 bits per heavy atom. The molecule has 1 amide bonds. The van der Waals surface area contributed by atoms with Crippen molar-refractivity contribution in [3.05, 3.63) is 47.5 Å². The largest absolute Gasteiger partial charge is 0.334 e. The Morgan fingerprint density at radius 1 is 1.19 bits per heavy atom. The van der Waals surface area contributed by atoms with Crippen LogP contribution in [0.15, 0.2) is 36.7 Å². The number of carbonyl (C=O) groups excluding carboxylic acids is 1. The van der Waals surface area contributed by atoms with Gasteiger partial charge in [-0.2, -0.15) is 0 Å². The lowest BCUT2D eigenvalue weighted by Gasteiger charge is -2.34. The molecule has 0 atom stereocenters. The van der Waals surface area contributed by atoms with Gasteiger partial charge < -0.3 is 9.88 Å². The number of aryl methyl sites for hydroxylation is 1. The number of nitrogens with one attached hydrogen (secondary N) is 1. The van der Waals surface area contributed by atoms with Crippen molar-refractivity contribution >= 4 is 23.2 Å². The van der Waals surface area contributed by atoms with Crippen molar-refractivity contribution in [2.24, 2.45) is 0 Å². The average Bonchev–Trinajstić information content (AvgIpc) is 3.08. The van der Waals surface area contributed by atoms with Crippen molar-refractivity contribution < 1.29 is 4.79 Å². The third-order valence-electron chi connectivity index (χ3n) is 4.72. The summed E-state index contributed by atoms with van der Waals surface area (Å²) in [4.78, 5) is 21.2. The molecule has 2 heterocycles. The third-order valence-corrected chi connectivity index (χ3v) is 4.95. The lowest BCUT2D eigenvalue weighted by atomic mass is 10.3. The van der Waals surface area contributed by atoms with Crippen molar-refractivity contribution in [3.63, 3.8) is 0 Å². The van der Waals surface area contributed by atoms with Crippen molar-refractivity contribution in [2.75, 3.05) is 44.6 Å². The lowest BCUT2D eigenvalue weighted by Crippen LogP contribution is -2.49. The summed E-state index contributed by atoms with van der Waals surface area (Å²) in [7, 11) is 0. The fraction of sp³-hybridized carbons (Fsp3) is 0.474. The highest BCUT2D eigenvalue weighted by molar-refractivity contribution is 6.30. The number of aromatic nitrogens is 2. The van der Waals surface area contributed by atoms with E-state index in [0.29, 0.717) is 11.6 Å². The van der Waals surface area contributed by atoms with Crippen molar-refractivity contribution in [3.8, 4) is 0 Å². The molecule has 1 fully saturated rings. The molecule has 1 aromatic heterocycles. The van der Waals surface area contributed by atoms with Crippen LogP contribution in [0.4, 0.5) is 5.69 Å². The average molecular weight is 376 g/mol. The van der Waals surface area contributed by atoms with Crippen LogP contribution in [0.25, 0.3) is 0 Å². The van der Waals surface area contributed by atoms with Crippen LogP contribution in [0.3, 0.4) is 0 Å². The van der Waals surface area contributed by atoms with Gasteiger partial charge >= 0.3 is 0 Å². The molecule has 0 spiro atoms. The van der Waals surface area contributed by atoms with Gasteiger partial charge in [-0.25, -0.2) is 4.98 Å². The van der Waals surface area contributed by atoms with Crippen LogP contribution < -0.4 is 5.32 Å². The number of amides is 1. The number of hydrogen-bond acceptors (Lipinski definition) is 4. The van der Waals surface area contributed by atoms with Gasteiger partial charge in [0.25, 0.3) is 0 Å². The summed E-state index contributed by atoms with van der Waals surface area (Å²) < 4.78 is 2.23. The standard InChI is InChI=1S/C19H26ClN5O/c1-2-18-21-6-7-25(18)13-12-23-8-10-24(11-9-23)15-19(26)22-17-5-3-4-16(20)14-17/h3-7,14H,2,8-13,15H2,1H3,(H,22,26). The Morgan fingerprint density at radius 3 is 2.69 bits per heavy atom. The van der Waals surface area contributed by atoms with E-state index in [2.05, 4.69) is 37.8 Å². The van der Waals surface area contributed by atoms with Gasteiger partial charge in [0.15, 0.2) is 0 Å². The van der Waals surface area contributed by atoms with Crippen LogP contribution in [0, 0.1) is 0 Å². The van der Waals surface area contributed by atoms with Crippen LogP contribution in [0.1, 0.15) is 12.7 Å². The quantitative estimate of drug-likeness (QED) is 0.807. The van der Waals surface area contributed by atoms with Gasteiger partial charge in [-0.3, -0.25) is 14.6 Å². The molecule has 1 N–H and O–H groups in total. The topological polar surface area (TPSA) is 53.4 Å². The highest BCUT2D eigenvalue weighted by Crippen LogP contribution is 2.15. The van der Waals surface area contributed by atoms with E-state index in [1.165, 1.54) is 0 Å². The van der Waals surface area contributed by atoms with Gasteiger partial charge in [-0.15, -0.1) is 0 Å². The van der Waals surface area contributed by atoms with Gasteiger partial charge in [0.2, 0.25) is 5.91 Å². The monoisotopic (exact) mass is 375 g/mol. The van der Waals surface area contributed by atoms with Gasteiger partial charge in [0, 0.05) is 68.8 Å². The summed E-state index contributed by atoms with van der Waals surface area (Å²) in [6.45, 7) is 8.33. The molecular formula is C19H26ClN5O. The molecule has 0 saturated carbocycles. The summed E-state index contributed by atoms with van der Waals surface area (Å²) in [5.41, 5.74) is 0.744. The first-order valence-corrected chi connectivity index (χ1v) is 9.52. The molecule has 0 aliphatic carbocycles. The number of rotatable bonds is 7. The minimum atomic E-state index is 0.00622. The second kappa shape index (κ2) is 9.16. The zero-order valence-electron chi connectivity index (χ0n) is 15.2. The van der Waals surface area contributed by atoms with Crippen molar-refractivity contribution in [1.29, 1.82) is 0 Å². The van der Waals surface area contributed by atoms with E-state index in [4.69, 9.17) is 11.6 Å². The van der Waals surface area contributed by atoms with Crippen LogP contribution in [0.5, 0.6) is 0 Å². The molecule has 7 heteroatoms.